The van der Waals surface area contributed by atoms with Crippen molar-refractivity contribution in [2.75, 3.05) is 7.05 Å². The van der Waals surface area contributed by atoms with Crippen molar-refractivity contribution in [1.29, 1.82) is 0 Å². The van der Waals surface area contributed by atoms with Crippen LogP contribution in [-0.2, 0) is 4.79 Å². The lowest BCUT2D eigenvalue weighted by molar-refractivity contribution is -0.138. The smallest absolute Gasteiger partial charge is 0.225 e. The lowest BCUT2D eigenvalue weighted by Gasteiger charge is -2.41. The highest BCUT2D eigenvalue weighted by Gasteiger charge is 2.32. The molecule has 0 spiro atoms. The molecule has 3 heteroatoms. The summed E-state index contributed by atoms with van der Waals surface area (Å²) in [7, 11) is 7.85. The molecule has 0 aliphatic heterocycles. The summed E-state index contributed by atoms with van der Waals surface area (Å²) in [6.45, 7) is 11.9. The highest BCUT2D eigenvalue weighted by molar-refractivity contribution is 6.14. The summed E-state index contributed by atoms with van der Waals surface area (Å²) < 4.78 is 0. The Labute approximate surface area is 95.8 Å². The van der Waals surface area contributed by atoms with Crippen LogP contribution in [0.4, 0.5) is 0 Å². The Morgan fingerprint density at radius 1 is 1.27 bits per heavy atom. The van der Waals surface area contributed by atoms with Crippen LogP contribution in [-0.4, -0.2) is 31.2 Å². The molecule has 1 amide bonds. The van der Waals surface area contributed by atoms with Gasteiger partial charge < -0.3 is 4.90 Å². The van der Waals surface area contributed by atoms with Gasteiger partial charge in [0.05, 0.1) is 7.85 Å². The maximum Gasteiger partial charge on any atom is 0.225 e. The molecule has 0 fully saturated rings. The van der Waals surface area contributed by atoms with Gasteiger partial charge in [-0.3, -0.25) is 4.79 Å². The van der Waals surface area contributed by atoms with Gasteiger partial charge in [0, 0.05) is 18.5 Å². The molecule has 0 aromatic carbocycles. The average Bonchev–Trinajstić information content (AvgIpc) is 1.96. The van der Waals surface area contributed by atoms with E-state index < -0.39 is 0 Å². The molecular formula is C12H24BNO. The molecule has 2 radical (unpaired) electrons. The van der Waals surface area contributed by atoms with Gasteiger partial charge >= 0.3 is 0 Å². The van der Waals surface area contributed by atoms with Gasteiger partial charge in [0.15, 0.2) is 0 Å². The van der Waals surface area contributed by atoms with E-state index in [0.29, 0.717) is 0 Å². The Morgan fingerprint density at radius 2 is 1.67 bits per heavy atom. The number of rotatable bonds is 4. The fraction of sp³-hybridized carbons (Fsp3) is 0.917. The second-order valence-electron chi connectivity index (χ2n) is 6.03. The zero-order chi connectivity index (χ0) is 12.4. The first-order valence-corrected chi connectivity index (χ1v) is 5.54. The molecule has 0 heterocycles. The van der Waals surface area contributed by atoms with Crippen molar-refractivity contribution in [3.8, 4) is 0 Å². The number of carbonyl (C=O) groups excluding carboxylic acids is 1. The third-order valence-corrected chi connectivity index (χ3v) is 2.62. The van der Waals surface area contributed by atoms with E-state index in [1.807, 2.05) is 39.6 Å². The molecule has 0 aromatic rings. The van der Waals surface area contributed by atoms with Crippen LogP contribution >= 0.6 is 0 Å². The van der Waals surface area contributed by atoms with E-state index in [1.165, 1.54) is 0 Å². The normalized spacial score (nSPS) is 13.1. The summed E-state index contributed by atoms with van der Waals surface area (Å²) >= 11 is 0. The molecule has 0 saturated heterocycles. The van der Waals surface area contributed by atoms with Gasteiger partial charge in [-0.1, -0.05) is 33.0 Å². The van der Waals surface area contributed by atoms with Crippen LogP contribution in [0, 0.1) is 5.92 Å². The largest absolute Gasteiger partial charge is 0.340 e. The van der Waals surface area contributed by atoms with E-state index in [9.17, 15) is 4.79 Å². The Hall–Kier alpha value is -0.465. The predicted octanol–water partition coefficient (Wildman–Crippen LogP) is 2.64. The summed E-state index contributed by atoms with van der Waals surface area (Å²) in [5.74, 6) is 0.208. The van der Waals surface area contributed by atoms with E-state index in [-0.39, 0.29) is 22.7 Å². The molecule has 0 saturated carbocycles. The van der Waals surface area contributed by atoms with Gasteiger partial charge in [0.2, 0.25) is 5.91 Å². The Bertz CT molecular complexity index is 228. The number of hydrogen-bond donors (Lipinski definition) is 0. The van der Waals surface area contributed by atoms with Gasteiger partial charge in [-0.15, -0.1) is 0 Å². The van der Waals surface area contributed by atoms with Crippen LogP contribution in [0.25, 0.3) is 0 Å². The first-order valence-electron chi connectivity index (χ1n) is 5.54. The molecule has 0 aromatic heterocycles. The molecular weight excluding hydrogens is 185 g/mol. The first-order chi connectivity index (χ1) is 6.47. The second-order valence-corrected chi connectivity index (χ2v) is 6.03. The van der Waals surface area contributed by atoms with Crippen LogP contribution in [0.3, 0.4) is 0 Å². The van der Waals surface area contributed by atoms with Gasteiger partial charge in [0.1, 0.15) is 0 Å². The van der Waals surface area contributed by atoms with E-state index in [0.717, 1.165) is 6.42 Å². The summed E-state index contributed by atoms with van der Waals surface area (Å²) in [6.07, 6.45) is 0.787. The highest BCUT2D eigenvalue weighted by atomic mass is 16.2. The van der Waals surface area contributed by atoms with Crippen molar-refractivity contribution in [3.05, 3.63) is 0 Å². The van der Waals surface area contributed by atoms with E-state index >= 15 is 0 Å². The average molecular weight is 209 g/mol. The highest BCUT2D eigenvalue weighted by Crippen LogP contribution is 2.34. The molecule has 0 N–H and O–H groups in total. The molecule has 2 nitrogen and oxygen atoms in total. The van der Waals surface area contributed by atoms with Gasteiger partial charge in [-0.05, 0) is 20.3 Å². The van der Waals surface area contributed by atoms with Crippen molar-refractivity contribution < 1.29 is 4.79 Å². The van der Waals surface area contributed by atoms with Gasteiger partial charge in [-0.25, -0.2) is 0 Å². The minimum absolute atomic E-state index is 0.0372. The third kappa shape index (κ3) is 4.72. The molecule has 86 valence electrons. The fourth-order valence-electron chi connectivity index (χ4n) is 1.92. The van der Waals surface area contributed by atoms with E-state index in [1.54, 1.807) is 0 Å². The van der Waals surface area contributed by atoms with Crippen molar-refractivity contribution in [3.63, 3.8) is 0 Å². The van der Waals surface area contributed by atoms with E-state index in [2.05, 4.69) is 13.8 Å². The molecule has 0 bridgehead atoms. The quantitative estimate of drug-likeness (QED) is 0.652. The molecule has 0 aliphatic rings. The maximum absolute atomic E-state index is 11.9. The third-order valence-electron chi connectivity index (χ3n) is 2.62. The zero-order valence-corrected chi connectivity index (χ0v) is 11.2. The van der Waals surface area contributed by atoms with Crippen molar-refractivity contribution in [1.82, 2.24) is 4.90 Å². The number of amides is 1. The Morgan fingerprint density at radius 3 is 1.93 bits per heavy atom. The van der Waals surface area contributed by atoms with Crippen molar-refractivity contribution in [2.24, 2.45) is 5.92 Å². The molecule has 0 unspecified atom stereocenters. The summed E-state index contributed by atoms with van der Waals surface area (Å²) in [5, 5.41) is -0.255. The second kappa shape index (κ2) is 4.59. The summed E-state index contributed by atoms with van der Waals surface area (Å²) in [6, 6.07) is 0. The van der Waals surface area contributed by atoms with Crippen LogP contribution in [0.5, 0.6) is 0 Å². The van der Waals surface area contributed by atoms with Crippen LogP contribution in [0.15, 0.2) is 0 Å². The summed E-state index contributed by atoms with van der Waals surface area (Å²) in [4.78, 5) is 13.7. The zero-order valence-electron chi connectivity index (χ0n) is 11.2. The van der Waals surface area contributed by atoms with Crippen LogP contribution in [0.2, 0.25) is 5.31 Å². The van der Waals surface area contributed by atoms with Crippen LogP contribution in [0.1, 0.15) is 48.0 Å². The summed E-state index contributed by atoms with van der Waals surface area (Å²) in [5.41, 5.74) is -0.195. The van der Waals surface area contributed by atoms with Crippen molar-refractivity contribution in [2.45, 2.75) is 58.8 Å². The van der Waals surface area contributed by atoms with E-state index in [4.69, 9.17) is 7.85 Å². The predicted molar refractivity (Wildman–Crippen MR) is 66.1 cm³/mol. The number of carbonyl (C=O) groups is 1. The molecule has 15 heavy (non-hydrogen) atoms. The Kier molecular flexibility index (Phi) is 4.44. The molecule has 0 aliphatic carbocycles. The van der Waals surface area contributed by atoms with Gasteiger partial charge in [0.25, 0.3) is 0 Å². The van der Waals surface area contributed by atoms with Crippen LogP contribution < -0.4 is 0 Å². The van der Waals surface area contributed by atoms with Crippen molar-refractivity contribution >= 4 is 13.8 Å². The maximum atomic E-state index is 11.9. The SMILES string of the molecule is [B]C(C)(C)CC(C)(C)N(C)C(=O)C(C)C. The molecule has 0 atom stereocenters. The minimum Gasteiger partial charge on any atom is -0.340 e. The monoisotopic (exact) mass is 209 g/mol. The van der Waals surface area contributed by atoms with Gasteiger partial charge in [-0.2, -0.15) is 0 Å². The lowest BCUT2D eigenvalue weighted by Crippen LogP contribution is -2.48. The first kappa shape index (κ1) is 14.5. The standard InChI is InChI=1S/C12H24BNO/c1-9(2)10(15)14(7)12(5,6)8-11(3,4)13/h9H,8H2,1-7H3. The fourth-order valence-corrected chi connectivity index (χ4v) is 1.92. The number of nitrogens with zero attached hydrogens (tertiary/aromatic N) is 1. The number of hydrogen-bond acceptors (Lipinski definition) is 1. The topological polar surface area (TPSA) is 20.3 Å². The Balaban J connectivity index is 4.66. The lowest BCUT2D eigenvalue weighted by atomic mass is 9.65. The molecule has 0 rings (SSSR count). The minimum atomic E-state index is -0.255.